The van der Waals surface area contributed by atoms with Crippen LogP contribution in [0.15, 0.2) is 15.9 Å². The second-order valence-corrected chi connectivity index (χ2v) is 8.26. The molecule has 1 aromatic heterocycles. The van der Waals surface area contributed by atoms with Gasteiger partial charge >= 0.3 is 0 Å². The van der Waals surface area contributed by atoms with Crippen molar-refractivity contribution in [2.24, 2.45) is 5.73 Å². The van der Waals surface area contributed by atoms with Gasteiger partial charge in [0.05, 0.1) is 9.83 Å². The summed E-state index contributed by atoms with van der Waals surface area (Å²) in [6.45, 7) is 8.88. The van der Waals surface area contributed by atoms with Gasteiger partial charge in [-0.1, -0.05) is 0 Å². The van der Waals surface area contributed by atoms with E-state index in [0.29, 0.717) is 18.1 Å². The summed E-state index contributed by atoms with van der Waals surface area (Å²) in [6, 6.07) is 5.96. The lowest BCUT2D eigenvalue weighted by Crippen LogP contribution is -2.57. The molecule has 4 atom stereocenters. The summed E-state index contributed by atoms with van der Waals surface area (Å²) in [5.41, 5.74) is 6.27. The van der Waals surface area contributed by atoms with Crippen molar-refractivity contribution in [2.75, 3.05) is 20.1 Å². The van der Waals surface area contributed by atoms with Crippen LogP contribution in [-0.4, -0.2) is 48.1 Å². The maximum atomic E-state index is 6.27. The average molecular weight is 346 g/mol. The van der Waals surface area contributed by atoms with Gasteiger partial charge in [0.15, 0.2) is 0 Å². The largest absolute Gasteiger partial charge is 0.326 e. The first-order valence-corrected chi connectivity index (χ1v) is 8.48. The van der Waals surface area contributed by atoms with Crippen LogP contribution in [-0.2, 0) is 0 Å². The number of nitrogens with zero attached hydrogens (tertiary/aromatic N) is 2. The first-order valence-electron chi connectivity index (χ1n) is 6.87. The lowest BCUT2D eigenvalue weighted by molar-refractivity contribution is 0.0284. The molecular weight excluding hydrogens is 322 g/mol. The average Bonchev–Trinajstić information content (AvgIpc) is 2.72. The Balaban J connectivity index is 2.20. The molecule has 2 rings (SSSR count). The fourth-order valence-electron chi connectivity index (χ4n) is 2.93. The number of rotatable bonds is 3. The van der Waals surface area contributed by atoms with E-state index in [0.717, 1.165) is 13.1 Å². The molecule has 0 radical (unpaired) electrons. The normalized spacial score (nSPS) is 29.4. The van der Waals surface area contributed by atoms with Crippen LogP contribution >= 0.6 is 27.3 Å². The number of hydrogen-bond acceptors (Lipinski definition) is 4. The van der Waals surface area contributed by atoms with Gasteiger partial charge in [0.25, 0.3) is 0 Å². The molecule has 0 spiro atoms. The van der Waals surface area contributed by atoms with Crippen LogP contribution in [0.5, 0.6) is 0 Å². The van der Waals surface area contributed by atoms with Crippen LogP contribution in [0.25, 0.3) is 0 Å². The quantitative estimate of drug-likeness (QED) is 0.913. The van der Waals surface area contributed by atoms with E-state index in [2.05, 4.69) is 65.7 Å². The van der Waals surface area contributed by atoms with Crippen LogP contribution < -0.4 is 5.73 Å². The molecule has 1 saturated heterocycles. The van der Waals surface area contributed by atoms with Crippen LogP contribution in [0.1, 0.15) is 31.7 Å². The van der Waals surface area contributed by atoms with Gasteiger partial charge < -0.3 is 5.73 Å². The van der Waals surface area contributed by atoms with E-state index in [9.17, 15) is 0 Å². The van der Waals surface area contributed by atoms with Crippen LogP contribution in [0, 0.1) is 0 Å². The molecule has 1 aliphatic rings. The summed E-state index contributed by atoms with van der Waals surface area (Å²) < 4.78 is 1.18. The molecule has 0 bridgehead atoms. The molecule has 1 aromatic rings. The molecule has 108 valence electrons. The number of piperazine rings is 1. The highest BCUT2D eigenvalue weighted by Gasteiger charge is 2.33. The van der Waals surface area contributed by atoms with E-state index >= 15 is 0 Å². The van der Waals surface area contributed by atoms with E-state index in [1.54, 1.807) is 11.3 Å². The zero-order valence-corrected chi connectivity index (χ0v) is 14.5. The van der Waals surface area contributed by atoms with E-state index in [1.165, 1.54) is 8.66 Å². The Morgan fingerprint density at radius 3 is 2.32 bits per heavy atom. The first-order chi connectivity index (χ1) is 8.90. The molecule has 2 N–H and O–H groups in total. The molecule has 0 saturated carbocycles. The molecule has 2 heterocycles. The Labute approximate surface area is 128 Å². The molecule has 1 aliphatic heterocycles. The Morgan fingerprint density at radius 2 is 1.89 bits per heavy atom. The monoisotopic (exact) mass is 345 g/mol. The Bertz CT molecular complexity index is 409. The highest BCUT2D eigenvalue weighted by molar-refractivity contribution is 9.11. The minimum atomic E-state index is 0.147. The molecule has 0 amide bonds. The third kappa shape index (κ3) is 3.39. The lowest BCUT2D eigenvalue weighted by Gasteiger charge is -2.46. The lowest BCUT2D eigenvalue weighted by atomic mass is 10.0. The van der Waals surface area contributed by atoms with Crippen LogP contribution in [0.3, 0.4) is 0 Å². The summed E-state index contributed by atoms with van der Waals surface area (Å²) in [5.74, 6) is 0. The fraction of sp³-hybridized carbons (Fsp3) is 0.714. The predicted octanol–water partition coefficient (Wildman–Crippen LogP) is 2.92. The molecule has 1 fully saturated rings. The van der Waals surface area contributed by atoms with Crippen molar-refractivity contribution in [2.45, 2.75) is 44.9 Å². The van der Waals surface area contributed by atoms with Gasteiger partial charge in [0.2, 0.25) is 0 Å². The van der Waals surface area contributed by atoms with Gasteiger partial charge in [0, 0.05) is 36.1 Å². The third-order valence-electron chi connectivity index (χ3n) is 4.16. The van der Waals surface area contributed by atoms with Gasteiger partial charge in [-0.25, -0.2) is 0 Å². The summed E-state index contributed by atoms with van der Waals surface area (Å²) in [6.07, 6.45) is 0. The van der Waals surface area contributed by atoms with Gasteiger partial charge in [0.1, 0.15) is 0 Å². The van der Waals surface area contributed by atoms with Crippen molar-refractivity contribution in [1.82, 2.24) is 9.80 Å². The second-order valence-electron chi connectivity index (χ2n) is 5.76. The first kappa shape index (κ1) is 15.4. The molecule has 0 aliphatic carbocycles. The summed E-state index contributed by atoms with van der Waals surface area (Å²) in [5, 5.41) is 0. The summed E-state index contributed by atoms with van der Waals surface area (Å²) in [4.78, 5) is 6.38. The zero-order chi connectivity index (χ0) is 14.2. The van der Waals surface area contributed by atoms with Gasteiger partial charge in [-0.15, -0.1) is 11.3 Å². The van der Waals surface area contributed by atoms with E-state index in [1.807, 2.05) is 0 Å². The van der Waals surface area contributed by atoms with Gasteiger partial charge in [-0.2, -0.15) is 0 Å². The Morgan fingerprint density at radius 1 is 1.32 bits per heavy atom. The number of nitrogens with two attached hydrogens (primary N) is 1. The fourth-order valence-corrected chi connectivity index (χ4v) is 4.61. The van der Waals surface area contributed by atoms with E-state index in [4.69, 9.17) is 5.73 Å². The minimum absolute atomic E-state index is 0.147. The molecule has 0 aromatic carbocycles. The van der Waals surface area contributed by atoms with Crippen molar-refractivity contribution in [1.29, 1.82) is 0 Å². The molecule has 4 unspecified atom stereocenters. The molecule has 3 nitrogen and oxygen atoms in total. The van der Waals surface area contributed by atoms with Crippen molar-refractivity contribution in [3.8, 4) is 0 Å². The van der Waals surface area contributed by atoms with Crippen molar-refractivity contribution in [3.63, 3.8) is 0 Å². The van der Waals surface area contributed by atoms with Gasteiger partial charge in [-0.3, -0.25) is 9.80 Å². The maximum Gasteiger partial charge on any atom is 0.0702 e. The Hall–Kier alpha value is 0.0600. The van der Waals surface area contributed by atoms with Gasteiger partial charge in [-0.05, 0) is 55.9 Å². The molecular formula is C14H24BrN3S. The third-order valence-corrected chi connectivity index (χ3v) is 5.86. The van der Waals surface area contributed by atoms with Crippen molar-refractivity contribution in [3.05, 3.63) is 20.8 Å². The van der Waals surface area contributed by atoms with E-state index in [-0.39, 0.29) is 6.04 Å². The SMILES string of the molecule is CC(N)C(c1ccc(Br)s1)N1CC(C)N(C)C(C)C1. The van der Waals surface area contributed by atoms with E-state index < -0.39 is 0 Å². The Kier molecular flexibility index (Phi) is 5.06. The van der Waals surface area contributed by atoms with Crippen LogP contribution in [0.2, 0.25) is 0 Å². The van der Waals surface area contributed by atoms with Crippen molar-refractivity contribution >= 4 is 27.3 Å². The second kappa shape index (κ2) is 6.22. The van der Waals surface area contributed by atoms with Crippen LogP contribution in [0.4, 0.5) is 0 Å². The molecule has 19 heavy (non-hydrogen) atoms. The number of likely N-dealkylation sites (N-methyl/N-ethyl adjacent to an activating group) is 1. The smallest absolute Gasteiger partial charge is 0.0702 e. The minimum Gasteiger partial charge on any atom is -0.326 e. The topological polar surface area (TPSA) is 32.5 Å². The highest BCUT2D eigenvalue weighted by atomic mass is 79.9. The molecule has 5 heteroatoms. The highest BCUT2D eigenvalue weighted by Crippen LogP contribution is 2.34. The number of halogens is 1. The maximum absolute atomic E-state index is 6.27. The van der Waals surface area contributed by atoms with Crippen molar-refractivity contribution < 1.29 is 0 Å². The summed E-state index contributed by atoms with van der Waals surface area (Å²) >= 11 is 5.36. The predicted molar refractivity (Wildman–Crippen MR) is 86.7 cm³/mol. The standard InChI is InChI=1S/C14H24BrN3S/c1-9-7-18(8-10(2)17(9)4)14(11(3)16)12-5-6-13(15)19-12/h5-6,9-11,14H,7-8,16H2,1-4H3. The summed E-state index contributed by atoms with van der Waals surface area (Å²) in [7, 11) is 2.22. The zero-order valence-electron chi connectivity index (χ0n) is 12.1. The number of hydrogen-bond donors (Lipinski definition) is 1. The number of thiophene rings is 1.